The summed E-state index contributed by atoms with van der Waals surface area (Å²) in [7, 11) is 0. The Bertz CT molecular complexity index is 313. The van der Waals surface area contributed by atoms with Gasteiger partial charge in [-0.1, -0.05) is 32.9 Å². The van der Waals surface area contributed by atoms with E-state index in [-0.39, 0.29) is 17.9 Å². The van der Waals surface area contributed by atoms with Crippen molar-refractivity contribution in [2.75, 3.05) is 5.73 Å². The van der Waals surface area contributed by atoms with E-state index in [4.69, 9.17) is 5.73 Å². The SMILES string of the molecule is CCC(CC)(CC)NCc1cccc(N)c1.Cl. The highest BCUT2D eigenvalue weighted by atomic mass is 35.5. The largest absolute Gasteiger partial charge is 0.399 e. The molecule has 0 bridgehead atoms. The number of anilines is 1. The van der Waals surface area contributed by atoms with Crippen molar-refractivity contribution in [3.05, 3.63) is 29.8 Å². The van der Waals surface area contributed by atoms with Crippen LogP contribution < -0.4 is 11.1 Å². The van der Waals surface area contributed by atoms with Crippen LogP contribution in [0.5, 0.6) is 0 Å². The minimum atomic E-state index is 0. The highest BCUT2D eigenvalue weighted by molar-refractivity contribution is 5.85. The van der Waals surface area contributed by atoms with Gasteiger partial charge >= 0.3 is 0 Å². The molecule has 3 heteroatoms. The van der Waals surface area contributed by atoms with Crippen molar-refractivity contribution in [3.63, 3.8) is 0 Å². The maximum atomic E-state index is 5.77. The number of rotatable bonds is 6. The maximum absolute atomic E-state index is 5.77. The third kappa shape index (κ3) is 4.57. The summed E-state index contributed by atoms with van der Waals surface area (Å²) in [6.45, 7) is 7.65. The average Bonchev–Trinajstić information content (AvgIpc) is 2.32. The Morgan fingerprint density at radius 2 is 1.71 bits per heavy atom. The summed E-state index contributed by atoms with van der Waals surface area (Å²) in [6, 6.07) is 8.10. The second-order valence-corrected chi connectivity index (χ2v) is 4.44. The molecule has 0 atom stereocenters. The molecule has 0 heterocycles. The number of halogens is 1. The van der Waals surface area contributed by atoms with Crippen LogP contribution in [0.4, 0.5) is 5.69 Å². The van der Waals surface area contributed by atoms with Crippen LogP contribution in [0.3, 0.4) is 0 Å². The number of nitrogens with two attached hydrogens (primary N) is 1. The lowest BCUT2D eigenvalue weighted by Gasteiger charge is -2.32. The molecular weight excluding hydrogens is 232 g/mol. The molecule has 0 unspecified atom stereocenters. The molecule has 1 aromatic rings. The third-order valence-electron chi connectivity index (χ3n) is 3.65. The predicted molar refractivity (Wildman–Crippen MR) is 78.5 cm³/mol. The molecule has 17 heavy (non-hydrogen) atoms. The number of nitrogen functional groups attached to an aromatic ring is 1. The Balaban J connectivity index is 0.00000256. The van der Waals surface area contributed by atoms with Crippen LogP contribution in [0, 0.1) is 0 Å². The molecule has 0 aliphatic carbocycles. The topological polar surface area (TPSA) is 38.0 Å². The van der Waals surface area contributed by atoms with Crippen LogP contribution >= 0.6 is 12.4 Å². The zero-order valence-electron chi connectivity index (χ0n) is 11.1. The van der Waals surface area contributed by atoms with Gasteiger partial charge in [0.05, 0.1) is 0 Å². The number of hydrogen-bond acceptors (Lipinski definition) is 2. The number of benzene rings is 1. The fourth-order valence-electron chi connectivity index (χ4n) is 2.12. The summed E-state index contributed by atoms with van der Waals surface area (Å²) < 4.78 is 0. The Labute approximate surface area is 111 Å². The fourth-order valence-corrected chi connectivity index (χ4v) is 2.12. The maximum Gasteiger partial charge on any atom is 0.0317 e. The van der Waals surface area contributed by atoms with Crippen LogP contribution in [0.2, 0.25) is 0 Å². The summed E-state index contributed by atoms with van der Waals surface area (Å²) in [5.41, 5.74) is 8.16. The van der Waals surface area contributed by atoms with E-state index >= 15 is 0 Å². The normalized spacial score (nSPS) is 11.0. The van der Waals surface area contributed by atoms with Crippen molar-refractivity contribution in [1.82, 2.24) is 5.32 Å². The van der Waals surface area contributed by atoms with Gasteiger partial charge in [0.15, 0.2) is 0 Å². The molecule has 0 radical (unpaired) electrons. The predicted octanol–water partition coefficient (Wildman–Crippen LogP) is 3.75. The smallest absolute Gasteiger partial charge is 0.0317 e. The molecule has 0 saturated carbocycles. The van der Waals surface area contributed by atoms with E-state index in [1.807, 2.05) is 18.2 Å². The minimum Gasteiger partial charge on any atom is -0.399 e. The van der Waals surface area contributed by atoms with Crippen LogP contribution in [-0.2, 0) is 6.54 Å². The summed E-state index contributed by atoms with van der Waals surface area (Å²) in [5.74, 6) is 0. The van der Waals surface area contributed by atoms with E-state index < -0.39 is 0 Å². The summed E-state index contributed by atoms with van der Waals surface area (Å²) in [4.78, 5) is 0. The molecule has 1 rings (SSSR count). The van der Waals surface area contributed by atoms with Gasteiger partial charge in [0, 0.05) is 17.8 Å². The fraction of sp³-hybridized carbons (Fsp3) is 0.571. The molecule has 1 aromatic carbocycles. The molecular formula is C14H25ClN2. The van der Waals surface area contributed by atoms with Crippen molar-refractivity contribution >= 4 is 18.1 Å². The molecule has 0 fully saturated rings. The van der Waals surface area contributed by atoms with Crippen LogP contribution in [0.1, 0.15) is 45.6 Å². The van der Waals surface area contributed by atoms with E-state index in [1.54, 1.807) is 0 Å². The van der Waals surface area contributed by atoms with E-state index in [0.29, 0.717) is 0 Å². The Morgan fingerprint density at radius 1 is 1.12 bits per heavy atom. The van der Waals surface area contributed by atoms with Gasteiger partial charge in [0.2, 0.25) is 0 Å². The molecule has 0 saturated heterocycles. The van der Waals surface area contributed by atoms with Gasteiger partial charge < -0.3 is 11.1 Å². The second-order valence-electron chi connectivity index (χ2n) is 4.44. The van der Waals surface area contributed by atoms with Crippen LogP contribution in [0.15, 0.2) is 24.3 Å². The highest BCUT2D eigenvalue weighted by Crippen LogP contribution is 2.20. The van der Waals surface area contributed by atoms with Crippen LogP contribution in [-0.4, -0.2) is 5.54 Å². The van der Waals surface area contributed by atoms with E-state index in [0.717, 1.165) is 12.2 Å². The summed E-state index contributed by atoms with van der Waals surface area (Å²) in [5, 5.41) is 3.67. The molecule has 0 aliphatic rings. The second kappa shape index (κ2) is 7.57. The lowest BCUT2D eigenvalue weighted by Crippen LogP contribution is -2.43. The lowest BCUT2D eigenvalue weighted by atomic mass is 9.89. The first-order valence-electron chi connectivity index (χ1n) is 6.25. The van der Waals surface area contributed by atoms with Gasteiger partial charge in [0.1, 0.15) is 0 Å². The molecule has 0 aromatic heterocycles. The van der Waals surface area contributed by atoms with Gasteiger partial charge in [-0.05, 0) is 37.0 Å². The number of nitrogens with one attached hydrogen (secondary N) is 1. The Kier molecular flexibility index (Phi) is 7.24. The monoisotopic (exact) mass is 256 g/mol. The lowest BCUT2D eigenvalue weighted by molar-refractivity contribution is 0.288. The first kappa shape index (κ1) is 16.3. The van der Waals surface area contributed by atoms with E-state index in [2.05, 4.69) is 32.2 Å². The van der Waals surface area contributed by atoms with Crippen LogP contribution in [0.25, 0.3) is 0 Å². The Hall–Kier alpha value is -0.730. The molecule has 0 amide bonds. The Morgan fingerprint density at radius 3 is 2.18 bits per heavy atom. The third-order valence-corrected chi connectivity index (χ3v) is 3.65. The molecule has 0 spiro atoms. The first-order chi connectivity index (χ1) is 7.65. The van der Waals surface area contributed by atoms with Gasteiger partial charge in [-0.25, -0.2) is 0 Å². The molecule has 98 valence electrons. The summed E-state index contributed by atoms with van der Waals surface area (Å²) >= 11 is 0. The standard InChI is InChI=1S/C14H24N2.ClH/c1-4-14(5-2,6-3)16-11-12-8-7-9-13(15)10-12;/h7-10,16H,4-6,11,15H2,1-3H3;1H. The minimum absolute atomic E-state index is 0. The van der Waals surface area contributed by atoms with Crippen molar-refractivity contribution in [2.24, 2.45) is 0 Å². The van der Waals surface area contributed by atoms with Gasteiger partial charge in [-0.15, -0.1) is 12.4 Å². The van der Waals surface area contributed by atoms with E-state index in [9.17, 15) is 0 Å². The van der Waals surface area contributed by atoms with Crippen molar-refractivity contribution in [1.29, 1.82) is 0 Å². The van der Waals surface area contributed by atoms with Gasteiger partial charge in [0.25, 0.3) is 0 Å². The molecule has 0 aliphatic heterocycles. The van der Waals surface area contributed by atoms with Crippen molar-refractivity contribution < 1.29 is 0 Å². The highest BCUT2D eigenvalue weighted by Gasteiger charge is 2.22. The average molecular weight is 257 g/mol. The summed E-state index contributed by atoms with van der Waals surface area (Å²) in [6.07, 6.45) is 3.51. The molecule has 3 N–H and O–H groups in total. The first-order valence-corrected chi connectivity index (χ1v) is 6.25. The number of hydrogen-bond donors (Lipinski definition) is 2. The van der Waals surface area contributed by atoms with Crippen molar-refractivity contribution in [3.8, 4) is 0 Å². The van der Waals surface area contributed by atoms with Gasteiger partial charge in [-0.3, -0.25) is 0 Å². The molecule has 2 nitrogen and oxygen atoms in total. The van der Waals surface area contributed by atoms with Crippen molar-refractivity contribution in [2.45, 2.75) is 52.1 Å². The van der Waals surface area contributed by atoms with Gasteiger partial charge in [-0.2, -0.15) is 0 Å². The zero-order chi connectivity index (χ0) is 12.0. The zero-order valence-corrected chi connectivity index (χ0v) is 11.9. The quantitative estimate of drug-likeness (QED) is 0.761. The van der Waals surface area contributed by atoms with E-state index in [1.165, 1.54) is 24.8 Å².